The van der Waals surface area contributed by atoms with E-state index in [9.17, 15) is 0 Å². The zero-order valence-corrected chi connectivity index (χ0v) is 12.2. The van der Waals surface area contributed by atoms with Gasteiger partial charge in [-0.1, -0.05) is 0 Å². The average molecular weight is 286 g/mol. The van der Waals surface area contributed by atoms with Gasteiger partial charge in [0.2, 0.25) is 0 Å². The Morgan fingerprint density at radius 3 is 2.56 bits per heavy atom. The summed E-state index contributed by atoms with van der Waals surface area (Å²) in [5.74, 6) is 0.903. The molecule has 1 aromatic rings. The second-order valence-corrected chi connectivity index (χ2v) is 5.76. The number of anilines is 1. The molecular weight excluding hydrogens is 266 g/mol. The summed E-state index contributed by atoms with van der Waals surface area (Å²) in [7, 11) is 4.17. The van der Waals surface area contributed by atoms with Crippen molar-refractivity contribution in [2.75, 3.05) is 26.0 Å². The Bertz CT molecular complexity index is 361. The lowest BCUT2D eigenvalue weighted by atomic mass is 10.0. The second-order valence-electron chi connectivity index (χ2n) is 4.90. The van der Waals surface area contributed by atoms with Crippen molar-refractivity contribution in [3.8, 4) is 0 Å². The average Bonchev–Trinajstić information content (AvgIpc) is 2.16. The summed E-state index contributed by atoms with van der Waals surface area (Å²) < 4.78 is 1.02. The zero-order valence-electron chi connectivity index (χ0n) is 10.6. The molecule has 0 spiro atoms. The second kappa shape index (κ2) is 5.15. The van der Waals surface area contributed by atoms with Crippen LogP contribution in [0, 0.1) is 6.92 Å². The van der Waals surface area contributed by atoms with Crippen LogP contribution in [0.5, 0.6) is 0 Å². The van der Waals surface area contributed by atoms with Gasteiger partial charge in [-0.05, 0) is 62.4 Å². The van der Waals surface area contributed by atoms with Crippen molar-refractivity contribution in [2.24, 2.45) is 0 Å². The number of aromatic nitrogens is 1. The van der Waals surface area contributed by atoms with Crippen molar-refractivity contribution < 1.29 is 0 Å². The molecule has 4 heteroatoms. The van der Waals surface area contributed by atoms with E-state index in [1.807, 2.05) is 13.1 Å². The predicted octanol–water partition coefficient (Wildman–Crippen LogP) is 2.90. The van der Waals surface area contributed by atoms with E-state index < -0.39 is 0 Å². The van der Waals surface area contributed by atoms with Crippen LogP contribution in [0.2, 0.25) is 0 Å². The molecule has 1 heterocycles. The van der Waals surface area contributed by atoms with E-state index in [0.717, 1.165) is 22.4 Å². The SMILES string of the molecule is Cc1cnc(NCC(C)(C)N(C)C)c(Br)c1. The molecule has 0 fully saturated rings. The van der Waals surface area contributed by atoms with Crippen LogP contribution in [-0.2, 0) is 0 Å². The normalized spacial score (nSPS) is 11.9. The van der Waals surface area contributed by atoms with Crippen molar-refractivity contribution in [3.63, 3.8) is 0 Å². The number of nitrogens with one attached hydrogen (secondary N) is 1. The summed E-state index contributed by atoms with van der Waals surface area (Å²) in [6.07, 6.45) is 1.87. The molecule has 0 aromatic carbocycles. The Balaban J connectivity index is 2.68. The van der Waals surface area contributed by atoms with Gasteiger partial charge in [-0.15, -0.1) is 0 Å². The van der Waals surface area contributed by atoms with E-state index >= 15 is 0 Å². The monoisotopic (exact) mass is 285 g/mol. The lowest BCUT2D eigenvalue weighted by Crippen LogP contribution is -2.44. The molecule has 1 N–H and O–H groups in total. The Labute approximate surface area is 106 Å². The smallest absolute Gasteiger partial charge is 0.140 e. The van der Waals surface area contributed by atoms with Gasteiger partial charge in [0.25, 0.3) is 0 Å². The highest BCUT2D eigenvalue weighted by atomic mass is 79.9. The van der Waals surface area contributed by atoms with Crippen LogP contribution in [0.25, 0.3) is 0 Å². The van der Waals surface area contributed by atoms with Gasteiger partial charge in [-0.3, -0.25) is 0 Å². The Morgan fingerprint density at radius 2 is 2.06 bits per heavy atom. The van der Waals surface area contributed by atoms with Crippen LogP contribution in [0.15, 0.2) is 16.7 Å². The minimum Gasteiger partial charge on any atom is -0.367 e. The fourth-order valence-electron chi connectivity index (χ4n) is 1.12. The number of pyridine rings is 1. The van der Waals surface area contributed by atoms with Crippen molar-refractivity contribution in [2.45, 2.75) is 26.3 Å². The molecule has 90 valence electrons. The molecule has 1 rings (SSSR count). The topological polar surface area (TPSA) is 28.2 Å². The van der Waals surface area contributed by atoms with Crippen molar-refractivity contribution in [3.05, 3.63) is 22.3 Å². The molecule has 0 aliphatic carbocycles. The molecule has 0 radical (unpaired) electrons. The Morgan fingerprint density at radius 1 is 1.44 bits per heavy atom. The van der Waals surface area contributed by atoms with Gasteiger partial charge in [-0.2, -0.15) is 0 Å². The summed E-state index contributed by atoms with van der Waals surface area (Å²) >= 11 is 3.51. The standard InChI is InChI=1S/C12H20BrN3/c1-9-6-10(13)11(14-7-9)15-8-12(2,3)16(4)5/h6-7H,8H2,1-5H3,(H,14,15). The van der Waals surface area contributed by atoms with Crippen molar-refractivity contribution >= 4 is 21.7 Å². The lowest BCUT2D eigenvalue weighted by Gasteiger charge is -2.32. The molecule has 0 aliphatic rings. The van der Waals surface area contributed by atoms with Gasteiger partial charge >= 0.3 is 0 Å². The molecule has 16 heavy (non-hydrogen) atoms. The van der Waals surface area contributed by atoms with Crippen LogP contribution in [0.4, 0.5) is 5.82 Å². The van der Waals surface area contributed by atoms with Crippen LogP contribution in [0.1, 0.15) is 19.4 Å². The number of hydrogen-bond donors (Lipinski definition) is 1. The van der Waals surface area contributed by atoms with E-state index in [4.69, 9.17) is 0 Å². The summed E-state index contributed by atoms with van der Waals surface area (Å²) in [5, 5.41) is 3.36. The van der Waals surface area contributed by atoms with E-state index in [1.165, 1.54) is 0 Å². The highest BCUT2D eigenvalue weighted by molar-refractivity contribution is 9.10. The third-order valence-electron chi connectivity index (χ3n) is 2.88. The highest BCUT2D eigenvalue weighted by Crippen LogP contribution is 2.21. The van der Waals surface area contributed by atoms with Crippen LogP contribution >= 0.6 is 15.9 Å². The van der Waals surface area contributed by atoms with Crippen LogP contribution in [-0.4, -0.2) is 36.1 Å². The maximum atomic E-state index is 4.36. The largest absolute Gasteiger partial charge is 0.367 e. The first-order chi connectivity index (χ1) is 7.33. The van der Waals surface area contributed by atoms with E-state index in [2.05, 4.69) is 65.1 Å². The molecule has 3 nitrogen and oxygen atoms in total. The molecule has 0 amide bonds. The van der Waals surface area contributed by atoms with Gasteiger partial charge in [0.15, 0.2) is 0 Å². The summed E-state index contributed by atoms with van der Waals surface area (Å²) in [6.45, 7) is 7.28. The molecule has 0 unspecified atom stereocenters. The summed E-state index contributed by atoms with van der Waals surface area (Å²) in [4.78, 5) is 6.56. The minimum atomic E-state index is 0.103. The number of rotatable bonds is 4. The van der Waals surface area contributed by atoms with Gasteiger partial charge < -0.3 is 10.2 Å². The molecule has 0 atom stereocenters. The molecule has 1 aromatic heterocycles. The van der Waals surface area contributed by atoms with E-state index in [0.29, 0.717) is 0 Å². The van der Waals surface area contributed by atoms with Gasteiger partial charge in [0.1, 0.15) is 5.82 Å². The molecule has 0 saturated heterocycles. The quantitative estimate of drug-likeness (QED) is 0.922. The first-order valence-corrected chi connectivity index (χ1v) is 6.15. The third-order valence-corrected chi connectivity index (χ3v) is 3.48. The summed E-state index contributed by atoms with van der Waals surface area (Å²) in [5.41, 5.74) is 1.26. The molecule has 0 bridgehead atoms. The van der Waals surface area contributed by atoms with Crippen LogP contribution in [0.3, 0.4) is 0 Å². The van der Waals surface area contributed by atoms with Gasteiger partial charge in [0.05, 0.1) is 4.47 Å². The molecular formula is C12H20BrN3. The lowest BCUT2D eigenvalue weighted by molar-refractivity contribution is 0.210. The number of aryl methyl sites for hydroxylation is 1. The maximum Gasteiger partial charge on any atom is 0.140 e. The number of likely N-dealkylation sites (N-methyl/N-ethyl adjacent to an activating group) is 1. The number of hydrogen-bond acceptors (Lipinski definition) is 3. The number of nitrogens with zero attached hydrogens (tertiary/aromatic N) is 2. The van der Waals surface area contributed by atoms with Crippen molar-refractivity contribution in [1.82, 2.24) is 9.88 Å². The fourth-order valence-corrected chi connectivity index (χ4v) is 1.73. The number of halogens is 1. The Hall–Kier alpha value is -0.610. The summed E-state index contributed by atoms with van der Waals surface area (Å²) in [6, 6.07) is 2.07. The fraction of sp³-hybridized carbons (Fsp3) is 0.583. The molecule has 0 saturated carbocycles. The van der Waals surface area contributed by atoms with E-state index in [1.54, 1.807) is 0 Å². The van der Waals surface area contributed by atoms with Crippen LogP contribution < -0.4 is 5.32 Å². The van der Waals surface area contributed by atoms with E-state index in [-0.39, 0.29) is 5.54 Å². The zero-order chi connectivity index (χ0) is 12.3. The van der Waals surface area contributed by atoms with Gasteiger partial charge in [0, 0.05) is 18.3 Å². The van der Waals surface area contributed by atoms with Crippen molar-refractivity contribution in [1.29, 1.82) is 0 Å². The van der Waals surface area contributed by atoms with Gasteiger partial charge in [-0.25, -0.2) is 4.98 Å². The third kappa shape index (κ3) is 3.46. The first kappa shape index (κ1) is 13.5. The molecule has 0 aliphatic heterocycles. The first-order valence-electron chi connectivity index (χ1n) is 5.36. The maximum absolute atomic E-state index is 4.36. The highest BCUT2D eigenvalue weighted by Gasteiger charge is 2.20. The predicted molar refractivity (Wildman–Crippen MR) is 72.9 cm³/mol. The minimum absolute atomic E-state index is 0.103. The Kier molecular flexibility index (Phi) is 4.33.